The van der Waals surface area contributed by atoms with Crippen LogP contribution < -0.4 is 5.32 Å². The molecule has 1 aromatic heterocycles. The summed E-state index contributed by atoms with van der Waals surface area (Å²) in [6.07, 6.45) is -0.118. The van der Waals surface area contributed by atoms with E-state index in [9.17, 15) is 19.1 Å². The third-order valence-corrected chi connectivity index (χ3v) is 5.50. The van der Waals surface area contributed by atoms with E-state index in [-0.39, 0.29) is 24.2 Å². The zero-order chi connectivity index (χ0) is 20.7. The van der Waals surface area contributed by atoms with E-state index in [2.05, 4.69) is 15.4 Å². The van der Waals surface area contributed by atoms with Crippen molar-refractivity contribution in [3.05, 3.63) is 41.7 Å². The number of carboxylic acid groups (broad SMARTS) is 1. The molecule has 28 heavy (non-hydrogen) atoms. The Morgan fingerprint density at radius 2 is 2.00 bits per heavy atom. The quantitative estimate of drug-likeness (QED) is 0.782. The van der Waals surface area contributed by atoms with Crippen LogP contribution >= 0.6 is 0 Å². The molecule has 0 saturated heterocycles. The number of hydrogen-bond donors (Lipinski definition) is 2. The van der Waals surface area contributed by atoms with Gasteiger partial charge >= 0.3 is 5.97 Å². The van der Waals surface area contributed by atoms with Crippen LogP contribution in [0.25, 0.3) is 5.69 Å². The number of rotatable bonds is 6. The van der Waals surface area contributed by atoms with Crippen molar-refractivity contribution in [2.24, 2.45) is 5.41 Å². The molecular formula is C19H23FN4O4. The van der Waals surface area contributed by atoms with Gasteiger partial charge in [-0.2, -0.15) is 0 Å². The van der Waals surface area contributed by atoms with Gasteiger partial charge in [-0.3, -0.25) is 4.79 Å². The number of hydrogen-bond acceptors (Lipinski definition) is 5. The van der Waals surface area contributed by atoms with E-state index in [1.807, 2.05) is 6.92 Å². The summed E-state index contributed by atoms with van der Waals surface area (Å²) in [6, 6.07) is 5.58. The molecule has 1 aliphatic rings. The first-order chi connectivity index (χ1) is 13.1. The van der Waals surface area contributed by atoms with Crippen LogP contribution in [-0.2, 0) is 9.53 Å². The van der Waals surface area contributed by atoms with Crippen LogP contribution in [0.1, 0.15) is 43.6 Å². The zero-order valence-electron chi connectivity index (χ0n) is 16.2. The van der Waals surface area contributed by atoms with Crippen molar-refractivity contribution < 1.29 is 23.8 Å². The van der Waals surface area contributed by atoms with Crippen molar-refractivity contribution in [3.63, 3.8) is 0 Å². The number of carbonyl (C=O) groups excluding carboxylic acids is 1. The Morgan fingerprint density at radius 3 is 2.54 bits per heavy atom. The third kappa shape index (κ3) is 3.05. The summed E-state index contributed by atoms with van der Waals surface area (Å²) in [5.41, 5.74) is -1.74. The van der Waals surface area contributed by atoms with Crippen LogP contribution in [0.3, 0.4) is 0 Å². The fourth-order valence-electron chi connectivity index (χ4n) is 3.60. The highest BCUT2D eigenvalue weighted by atomic mass is 19.1. The second-order valence-corrected chi connectivity index (χ2v) is 7.41. The summed E-state index contributed by atoms with van der Waals surface area (Å²) in [5, 5.41) is 16.6. The second kappa shape index (κ2) is 6.97. The van der Waals surface area contributed by atoms with Crippen LogP contribution in [-0.4, -0.2) is 50.0 Å². The molecule has 2 N–H and O–H groups in total. The standard InChI is InChI=1S/C19H23FN4O4/c1-5-28-14-10-19(17(26)27,18(14,3)4)22-16(25)15-21-11(2)24(23-15)13-8-6-12(20)7-9-13/h6-9,14H,5,10H2,1-4H3,(H,22,25)(H,26,27). The van der Waals surface area contributed by atoms with Crippen molar-refractivity contribution in [2.45, 2.75) is 45.8 Å². The van der Waals surface area contributed by atoms with E-state index in [4.69, 9.17) is 4.74 Å². The maximum absolute atomic E-state index is 13.1. The molecule has 0 bridgehead atoms. The highest BCUT2D eigenvalue weighted by molar-refractivity contribution is 5.96. The van der Waals surface area contributed by atoms with Crippen LogP contribution in [0.2, 0.25) is 0 Å². The van der Waals surface area contributed by atoms with E-state index >= 15 is 0 Å². The van der Waals surface area contributed by atoms with Crippen LogP contribution in [0.5, 0.6) is 0 Å². The van der Waals surface area contributed by atoms with Crippen LogP contribution in [0.4, 0.5) is 4.39 Å². The van der Waals surface area contributed by atoms with Gasteiger partial charge in [0.05, 0.1) is 11.8 Å². The fourth-order valence-corrected chi connectivity index (χ4v) is 3.60. The van der Waals surface area contributed by atoms with E-state index in [0.29, 0.717) is 18.1 Å². The lowest BCUT2D eigenvalue weighted by atomic mass is 9.54. The van der Waals surface area contributed by atoms with Crippen molar-refractivity contribution >= 4 is 11.9 Å². The lowest BCUT2D eigenvalue weighted by Gasteiger charge is -2.58. The van der Waals surface area contributed by atoms with Gasteiger partial charge in [0, 0.05) is 18.4 Å². The molecule has 0 aliphatic heterocycles. The van der Waals surface area contributed by atoms with Crippen LogP contribution in [0.15, 0.2) is 24.3 Å². The van der Waals surface area contributed by atoms with Gasteiger partial charge in [-0.05, 0) is 38.1 Å². The summed E-state index contributed by atoms with van der Waals surface area (Å²) in [7, 11) is 0. The van der Waals surface area contributed by atoms with Gasteiger partial charge in [0.15, 0.2) is 0 Å². The molecule has 2 aromatic rings. The minimum Gasteiger partial charge on any atom is -0.479 e. The van der Waals surface area contributed by atoms with Crippen molar-refractivity contribution in [2.75, 3.05) is 6.61 Å². The molecule has 9 heteroatoms. The summed E-state index contributed by atoms with van der Waals surface area (Å²) >= 11 is 0. The van der Waals surface area contributed by atoms with Crippen molar-refractivity contribution in [3.8, 4) is 5.69 Å². The molecule has 2 unspecified atom stereocenters. The molecule has 150 valence electrons. The normalized spacial score (nSPS) is 23.1. The monoisotopic (exact) mass is 390 g/mol. The average Bonchev–Trinajstić information content (AvgIpc) is 3.02. The summed E-state index contributed by atoms with van der Waals surface area (Å²) in [6.45, 7) is 7.45. The van der Waals surface area contributed by atoms with Gasteiger partial charge < -0.3 is 15.2 Å². The van der Waals surface area contributed by atoms with Crippen molar-refractivity contribution in [1.82, 2.24) is 20.1 Å². The van der Waals surface area contributed by atoms with Gasteiger partial charge in [0.25, 0.3) is 5.91 Å². The number of amides is 1. The molecule has 2 atom stereocenters. The number of carboxylic acids is 1. The molecule has 1 aliphatic carbocycles. The second-order valence-electron chi connectivity index (χ2n) is 7.41. The van der Waals surface area contributed by atoms with Gasteiger partial charge in [0.2, 0.25) is 5.82 Å². The first-order valence-electron chi connectivity index (χ1n) is 8.99. The molecule has 1 fully saturated rings. The lowest BCUT2D eigenvalue weighted by molar-refractivity contribution is -0.190. The number of carbonyl (C=O) groups is 2. The highest BCUT2D eigenvalue weighted by Crippen LogP contribution is 2.51. The van der Waals surface area contributed by atoms with E-state index in [0.717, 1.165) is 0 Å². The molecule has 3 rings (SSSR count). The molecule has 0 radical (unpaired) electrons. The number of aromatic nitrogens is 3. The summed E-state index contributed by atoms with van der Waals surface area (Å²) in [4.78, 5) is 28.9. The maximum atomic E-state index is 13.1. The zero-order valence-corrected chi connectivity index (χ0v) is 16.2. The van der Waals surface area contributed by atoms with Gasteiger partial charge in [-0.25, -0.2) is 18.9 Å². The van der Waals surface area contributed by atoms with Gasteiger partial charge in [0.1, 0.15) is 17.2 Å². The first kappa shape index (κ1) is 19.9. The average molecular weight is 390 g/mol. The third-order valence-electron chi connectivity index (χ3n) is 5.50. The maximum Gasteiger partial charge on any atom is 0.330 e. The van der Waals surface area contributed by atoms with E-state index in [1.165, 1.54) is 28.9 Å². The Balaban J connectivity index is 1.85. The molecule has 0 spiro atoms. The Labute approximate surface area is 161 Å². The number of ether oxygens (including phenoxy) is 1. The Bertz CT molecular complexity index is 909. The molecule has 8 nitrogen and oxygen atoms in total. The van der Waals surface area contributed by atoms with Gasteiger partial charge in [-0.15, -0.1) is 5.10 Å². The Kier molecular flexibility index (Phi) is 4.97. The lowest BCUT2D eigenvalue weighted by Crippen LogP contribution is -2.76. The topological polar surface area (TPSA) is 106 Å². The smallest absolute Gasteiger partial charge is 0.330 e. The Morgan fingerprint density at radius 1 is 1.36 bits per heavy atom. The number of nitrogens with zero attached hydrogens (tertiary/aromatic N) is 3. The number of aliphatic carboxylic acids is 1. The number of nitrogens with one attached hydrogen (secondary N) is 1. The molecule has 1 aromatic carbocycles. The molecular weight excluding hydrogens is 367 g/mol. The molecule has 1 amide bonds. The largest absolute Gasteiger partial charge is 0.479 e. The highest BCUT2D eigenvalue weighted by Gasteiger charge is 2.66. The number of benzene rings is 1. The first-order valence-corrected chi connectivity index (χ1v) is 8.99. The SMILES string of the molecule is CCOC1CC(NC(=O)c2nc(C)n(-c3ccc(F)cc3)n2)(C(=O)O)C1(C)C. The molecule has 1 heterocycles. The fraction of sp³-hybridized carbons (Fsp3) is 0.474. The number of halogens is 1. The predicted molar refractivity (Wildman–Crippen MR) is 97.7 cm³/mol. The molecule has 1 saturated carbocycles. The van der Waals surface area contributed by atoms with E-state index < -0.39 is 22.8 Å². The summed E-state index contributed by atoms with van der Waals surface area (Å²) in [5.74, 6) is -1.94. The van der Waals surface area contributed by atoms with Gasteiger partial charge in [-0.1, -0.05) is 13.8 Å². The Hall–Kier alpha value is -2.81. The summed E-state index contributed by atoms with van der Waals surface area (Å²) < 4.78 is 20.1. The minimum absolute atomic E-state index is 0.155. The van der Waals surface area contributed by atoms with Crippen LogP contribution in [0, 0.1) is 18.2 Å². The predicted octanol–water partition coefficient (Wildman–Crippen LogP) is 2.10. The minimum atomic E-state index is -1.47. The van der Waals surface area contributed by atoms with E-state index in [1.54, 1.807) is 20.8 Å². The van der Waals surface area contributed by atoms with Crippen molar-refractivity contribution in [1.29, 1.82) is 0 Å². The number of aryl methyl sites for hydroxylation is 1.